The van der Waals surface area contributed by atoms with Crippen LogP contribution in [0.2, 0.25) is 0 Å². The van der Waals surface area contributed by atoms with Crippen LogP contribution in [0.3, 0.4) is 0 Å². The molecule has 0 spiro atoms. The van der Waals surface area contributed by atoms with Gasteiger partial charge in [-0.05, 0) is 43.7 Å². The van der Waals surface area contributed by atoms with Gasteiger partial charge >= 0.3 is 5.69 Å². The van der Waals surface area contributed by atoms with Crippen molar-refractivity contribution in [2.24, 2.45) is 5.10 Å². The minimum absolute atomic E-state index is 0.0924. The Kier molecular flexibility index (Phi) is 5.67. The minimum Gasteiger partial charge on any atom is -0.493 e. The molecule has 1 heterocycles. The van der Waals surface area contributed by atoms with Gasteiger partial charge in [0.2, 0.25) is 5.82 Å². The number of benzene rings is 1. The molecule has 126 valence electrons. The monoisotopic (exact) mass is 330 g/mol. The number of pyridine rings is 1. The van der Waals surface area contributed by atoms with Crippen LogP contribution in [0.25, 0.3) is 0 Å². The first kappa shape index (κ1) is 17.2. The summed E-state index contributed by atoms with van der Waals surface area (Å²) in [5.41, 5.74) is 3.88. The summed E-state index contributed by atoms with van der Waals surface area (Å²) in [5, 5.41) is 15.0. The molecule has 24 heavy (non-hydrogen) atoms. The summed E-state index contributed by atoms with van der Waals surface area (Å²) >= 11 is 0. The van der Waals surface area contributed by atoms with Crippen LogP contribution in [0.15, 0.2) is 35.4 Å². The largest absolute Gasteiger partial charge is 0.493 e. The molecule has 0 bridgehead atoms. The van der Waals surface area contributed by atoms with Crippen LogP contribution in [0.5, 0.6) is 11.5 Å². The number of anilines is 1. The van der Waals surface area contributed by atoms with Gasteiger partial charge in [-0.15, -0.1) is 0 Å². The molecule has 8 nitrogen and oxygen atoms in total. The fraction of sp³-hybridized carbons (Fsp3) is 0.250. The zero-order chi connectivity index (χ0) is 17.5. The van der Waals surface area contributed by atoms with Gasteiger partial charge in [-0.2, -0.15) is 5.10 Å². The van der Waals surface area contributed by atoms with Gasteiger partial charge in [0.15, 0.2) is 11.5 Å². The predicted octanol–water partition coefficient (Wildman–Crippen LogP) is 3.15. The first-order chi connectivity index (χ1) is 11.5. The third-order valence-electron chi connectivity index (χ3n) is 3.08. The summed E-state index contributed by atoms with van der Waals surface area (Å²) in [4.78, 5) is 14.6. The number of nitrogens with one attached hydrogen (secondary N) is 1. The quantitative estimate of drug-likeness (QED) is 0.475. The van der Waals surface area contributed by atoms with Gasteiger partial charge < -0.3 is 9.47 Å². The van der Waals surface area contributed by atoms with Crippen LogP contribution in [0.4, 0.5) is 11.5 Å². The topological polar surface area (TPSA) is 98.9 Å². The van der Waals surface area contributed by atoms with E-state index in [0.29, 0.717) is 23.8 Å². The zero-order valence-corrected chi connectivity index (χ0v) is 13.6. The number of aromatic nitrogens is 1. The summed E-state index contributed by atoms with van der Waals surface area (Å²) in [6, 6.07) is 8.29. The molecule has 8 heteroatoms. The Balaban J connectivity index is 2.19. The van der Waals surface area contributed by atoms with Gasteiger partial charge in [-0.25, -0.2) is 4.98 Å². The lowest BCUT2D eigenvalue weighted by molar-refractivity contribution is -0.384. The standard InChI is InChI=1S/C16H18N4O4/c1-4-24-15-9-12(6-8-14(15)23-3)10-17-19-16-13(20(21)22)7-5-11(2)18-16/h5-10H,4H2,1-3H3,(H,18,19)/b17-10-. The van der Waals surface area contributed by atoms with E-state index in [1.807, 2.05) is 6.92 Å². The van der Waals surface area contributed by atoms with Crippen LogP contribution >= 0.6 is 0 Å². The lowest BCUT2D eigenvalue weighted by Crippen LogP contribution is -2.01. The first-order valence-electron chi connectivity index (χ1n) is 7.27. The summed E-state index contributed by atoms with van der Waals surface area (Å²) in [6.45, 7) is 4.13. The number of nitrogens with zero attached hydrogens (tertiary/aromatic N) is 3. The van der Waals surface area contributed by atoms with Crippen molar-refractivity contribution in [3.05, 3.63) is 51.7 Å². The maximum atomic E-state index is 11.0. The zero-order valence-electron chi connectivity index (χ0n) is 13.6. The third kappa shape index (κ3) is 4.19. The Morgan fingerprint density at radius 2 is 2.12 bits per heavy atom. The average molecular weight is 330 g/mol. The highest BCUT2D eigenvalue weighted by molar-refractivity contribution is 5.81. The predicted molar refractivity (Wildman–Crippen MR) is 91.0 cm³/mol. The second-order valence-electron chi connectivity index (χ2n) is 4.79. The molecular weight excluding hydrogens is 312 g/mol. The van der Waals surface area contributed by atoms with Crippen LogP contribution in [0.1, 0.15) is 18.2 Å². The lowest BCUT2D eigenvalue weighted by atomic mass is 10.2. The second kappa shape index (κ2) is 7.91. The molecule has 1 aromatic carbocycles. The normalized spacial score (nSPS) is 10.6. The lowest BCUT2D eigenvalue weighted by Gasteiger charge is -2.09. The Hall–Kier alpha value is -3.16. The second-order valence-corrected chi connectivity index (χ2v) is 4.79. The molecule has 1 N–H and O–H groups in total. The number of hydrogen-bond donors (Lipinski definition) is 1. The molecular formula is C16H18N4O4. The van der Waals surface area contributed by atoms with Crippen molar-refractivity contribution in [1.29, 1.82) is 0 Å². The van der Waals surface area contributed by atoms with Crippen LogP contribution in [-0.4, -0.2) is 29.8 Å². The maximum Gasteiger partial charge on any atom is 0.313 e. The van der Waals surface area contributed by atoms with Crippen molar-refractivity contribution >= 4 is 17.7 Å². The number of rotatable bonds is 7. The van der Waals surface area contributed by atoms with Gasteiger partial charge in [-0.1, -0.05) is 0 Å². The highest BCUT2D eigenvalue weighted by Crippen LogP contribution is 2.27. The summed E-state index contributed by atoms with van der Waals surface area (Å²) < 4.78 is 10.7. The number of ether oxygens (including phenoxy) is 2. The molecule has 1 aromatic heterocycles. The van der Waals surface area contributed by atoms with E-state index in [2.05, 4.69) is 15.5 Å². The molecule has 0 atom stereocenters. The molecule has 0 saturated heterocycles. The molecule has 2 rings (SSSR count). The van der Waals surface area contributed by atoms with E-state index in [1.54, 1.807) is 38.3 Å². The van der Waals surface area contributed by atoms with Crippen molar-refractivity contribution in [3.8, 4) is 11.5 Å². The fourth-order valence-electron chi connectivity index (χ4n) is 1.99. The van der Waals surface area contributed by atoms with Crippen molar-refractivity contribution in [1.82, 2.24) is 4.98 Å². The van der Waals surface area contributed by atoms with E-state index in [9.17, 15) is 10.1 Å². The van der Waals surface area contributed by atoms with Gasteiger partial charge in [0.25, 0.3) is 0 Å². The SMILES string of the molecule is CCOc1cc(/C=N\Nc2nc(C)ccc2[N+](=O)[O-])ccc1OC. The summed E-state index contributed by atoms with van der Waals surface area (Å²) in [7, 11) is 1.57. The van der Waals surface area contributed by atoms with Crippen molar-refractivity contribution < 1.29 is 14.4 Å². The molecule has 0 radical (unpaired) electrons. The maximum absolute atomic E-state index is 11.0. The Bertz CT molecular complexity index is 762. The van der Waals surface area contributed by atoms with E-state index < -0.39 is 4.92 Å². The Morgan fingerprint density at radius 1 is 1.33 bits per heavy atom. The minimum atomic E-state index is -0.509. The highest BCUT2D eigenvalue weighted by Gasteiger charge is 2.14. The number of hydrazone groups is 1. The van der Waals surface area contributed by atoms with E-state index in [-0.39, 0.29) is 11.5 Å². The van der Waals surface area contributed by atoms with E-state index >= 15 is 0 Å². The van der Waals surface area contributed by atoms with Gasteiger partial charge in [0.1, 0.15) is 0 Å². The smallest absolute Gasteiger partial charge is 0.313 e. The molecule has 2 aromatic rings. The first-order valence-corrected chi connectivity index (χ1v) is 7.27. The molecule has 0 unspecified atom stereocenters. The summed E-state index contributed by atoms with van der Waals surface area (Å²) in [5.74, 6) is 1.32. The van der Waals surface area contributed by atoms with E-state index in [0.717, 1.165) is 5.56 Å². The van der Waals surface area contributed by atoms with Crippen molar-refractivity contribution in [2.75, 3.05) is 19.1 Å². The molecule has 0 aliphatic heterocycles. The third-order valence-corrected chi connectivity index (χ3v) is 3.08. The molecule has 0 fully saturated rings. The Labute approximate surface area is 139 Å². The summed E-state index contributed by atoms with van der Waals surface area (Å²) in [6.07, 6.45) is 1.52. The number of hydrogen-bond acceptors (Lipinski definition) is 7. The van der Waals surface area contributed by atoms with Gasteiger partial charge in [-0.3, -0.25) is 15.5 Å². The number of aryl methyl sites for hydroxylation is 1. The van der Waals surface area contributed by atoms with Gasteiger partial charge in [0.05, 0.1) is 24.9 Å². The highest BCUT2D eigenvalue weighted by atomic mass is 16.6. The van der Waals surface area contributed by atoms with Crippen molar-refractivity contribution in [2.45, 2.75) is 13.8 Å². The van der Waals surface area contributed by atoms with E-state index in [1.165, 1.54) is 12.3 Å². The average Bonchev–Trinajstić information content (AvgIpc) is 2.55. The number of nitro groups is 1. The molecule has 0 aliphatic rings. The van der Waals surface area contributed by atoms with Gasteiger partial charge in [0, 0.05) is 11.8 Å². The molecule has 0 aliphatic carbocycles. The molecule has 0 amide bonds. The fourth-order valence-corrected chi connectivity index (χ4v) is 1.99. The molecule has 0 saturated carbocycles. The Morgan fingerprint density at radius 3 is 2.79 bits per heavy atom. The number of methoxy groups -OCH3 is 1. The van der Waals surface area contributed by atoms with E-state index in [4.69, 9.17) is 9.47 Å². The van der Waals surface area contributed by atoms with Crippen LogP contribution < -0.4 is 14.9 Å². The van der Waals surface area contributed by atoms with Crippen LogP contribution in [0, 0.1) is 17.0 Å². The van der Waals surface area contributed by atoms with Crippen molar-refractivity contribution in [3.63, 3.8) is 0 Å². The van der Waals surface area contributed by atoms with Crippen LogP contribution in [-0.2, 0) is 0 Å².